The van der Waals surface area contributed by atoms with Crippen molar-refractivity contribution in [3.05, 3.63) is 23.9 Å². The van der Waals surface area contributed by atoms with Gasteiger partial charge in [0, 0.05) is 24.2 Å². The molecule has 0 radical (unpaired) electrons. The Morgan fingerprint density at radius 2 is 2.13 bits per heavy atom. The van der Waals surface area contributed by atoms with Crippen molar-refractivity contribution in [2.75, 3.05) is 12.4 Å². The molecule has 1 aromatic heterocycles. The van der Waals surface area contributed by atoms with Gasteiger partial charge in [-0.05, 0) is 23.6 Å². The first-order chi connectivity index (χ1) is 7.13. The van der Waals surface area contributed by atoms with E-state index in [0.717, 1.165) is 17.5 Å². The van der Waals surface area contributed by atoms with E-state index in [0.29, 0.717) is 5.25 Å². The quantitative estimate of drug-likeness (QED) is 0.829. The fourth-order valence-electron chi connectivity index (χ4n) is 1.12. The van der Waals surface area contributed by atoms with E-state index in [4.69, 9.17) is 0 Å². The zero-order valence-electron chi connectivity index (χ0n) is 9.95. The number of nitrogens with zero attached hydrogens (tertiary/aromatic N) is 1. The van der Waals surface area contributed by atoms with E-state index in [1.165, 1.54) is 5.56 Å². The second-order valence-corrected chi connectivity index (χ2v) is 5.43. The summed E-state index contributed by atoms with van der Waals surface area (Å²) in [4.78, 5) is 4.20. The molecule has 1 atom stereocenters. The Kier molecular flexibility index (Phi) is 4.95. The van der Waals surface area contributed by atoms with Gasteiger partial charge in [0.1, 0.15) is 5.82 Å². The van der Waals surface area contributed by atoms with Crippen LogP contribution < -0.4 is 5.32 Å². The van der Waals surface area contributed by atoms with Gasteiger partial charge < -0.3 is 5.32 Å². The Labute approximate surface area is 96.9 Å². The minimum absolute atomic E-state index is 0.705. The molecule has 0 saturated heterocycles. The molecule has 0 bridgehead atoms. The molecule has 0 spiro atoms. The molecule has 1 rings (SSSR count). The Balaban J connectivity index is 2.50. The standard InChI is InChI=1S/C12H20N2S/c1-9(2)10(3)15-8-11-5-6-14-12(7-11)13-4/h5-7,9-10H,8H2,1-4H3,(H,13,14). The smallest absolute Gasteiger partial charge is 0.125 e. The molecule has 2 nitrogen and oxygen atoms in total. The van der Waals surface area contributed by atoms with Crippen LogP contribution in [0.4, 0.5) is 5.82 Å². The van der Waals surface area contributed by atoms with Crippen LogP contribution in [0.2, 0.25) is 0 Å². The van der Waals surface area contributed by atoms with Gasteiger partial charge in [0.05, 0.1) is 0 Å². The number of hydrogen-bond donors (Lipinski definition) is 1. The van der Waals surface area contributed by atoms with Crippen LogP contribution in [0.1, 0.15) is 26.3 Å². The fraction of sp³-hybridized carbons (Fsp3) is 0.583. The van der Waals surface area contributed by atoms with Gasteiger partial charge in [0.2, 0.25) is 0 Å². The van der Waals surface area contributed by atoms with Crippen LogP contribution in [0.3, 0.4) is 0 Å². The van der Waals surface area contributed by atoms with Crippen molar-refractivity contribution in [2.24, 2.45) is 5.92 Å². The summed E-state index contributed by atoms with van der Waals surface area (Å²) in [7, 11) is 1.90. The van der Waals surface area contributed by atoms with E-state index in [-0.39, 0.29) is 0 Å². The third-order valence-electron chi connectivity index (χ3n) is 2.53. The molecule has 15 heavy (non-hydrogen) atoms. The number of pyridine rings is 1. The van der Waals surface area contributed by atoms with E-state index in [1.807, 2.05) is 25.0 Å². The van der Waals surface area contributed by atoms with Crippen LogP contribution in [0, 0.1) is 5.92 Å². The van der Waals surface area contributed by atoms with E-state index in [2.05, 4.69) is 43.2 Å². The Hall–Kier alpha value is -0.700. The molecule has 84 valence electrons. The maximum absolute atomic E-state index is 4.20. The molecule has 1 aromatic rings. The third kappa shape index (κ3) is 4.12. The van der Waals surface area contributed by atoms with Crippen molar-refractivity contribution in [1.29, 1.82) is 0 Å². The zero-order valence-corrected chi connectivity index (χ0v) is 10.8. The molecule has 0 aliphatic carbocycles. The van der Waals surface area contributed by atoms with Crippen molar-refractivity contribution in [3.8, 4) is 0 Å². The summed E-state index contributed by atoms with van der Waals surface area (Å²) in [5.74, 6) is 2.75. The molecule has 1 unspecified atom stereocenters. The van der Waals surface area contributed by atoms with Crippen LogP contribution in [-0.4, -0.2) is 17.3 Å². The summed E-state index contributed by atoms with van der Waals surface area (Å²) in [5.41, 5.74) is 1.34. The lowest BCUT2D eigenvalue weighted by atomic mass is 10.2. The maximum atomic E-state index is 4.20. The Bertz CT molecular complexity index is 299. The molecule has 0 amide bonds. The van der Waals surface area contributed by atoms with E-state index < -0.39 is 0 Å². The second kappa shape index (κ2) is 6.01. The summed E-state index contributed by atoms with van der Waals surface area (Å²) in [6, 6.07) is 4.20. The van der Waals surface area contributed by atoms with Crippen molar-refractivity contribution < 1.29 is 0 Å². The van der Waals surface area contributed by atoms with Crippen LogP contribution in [-0.2, 0) is 5.75 Å². The normalized spacial score (nSPS) is 12.9. The summed E-state index contributed by atoms with van der Waals surface area (Å²) >= 11 is 2.00. The first kappa shape index (κ1) is 12.4. The lowest BCUT2D eigenvalue weighted by molar-refractivity contribution is 0.642. The van der Waals surface area contributed by atoms with Gasteiger partial charge >= 0.3 is 0 Å². The largest absolute Gasteiger partial charge is 0.373 e. The summed E-state index contributed by atoms with van der Waals surface area (Å²) in [6.45, 7) is 6.82. The average molecular weight is 224 g/mol. The molecule has 0 aliphatic heterocycles. The maximum Gasteiger partial charge on any atom is 0.125 e. The third-order valence-corrected chi connectivity index (χ3v) is 4.10. The van der Waals surface area contributed by atoms with Crippen LogP contribution in [0.5, 0.6) is 0 Å². The summed E-state index contributed by atoms with van der Waals surface area (Å²) in [6.07, 6.45) is 1.86. The average Bonchev–Trinajstić information content (AvgIpc) is 2.26. The topological polar surface area (TPSA) is 24.9 Å². The first-order valence-electron chi connectivity index (χ1n) is 5.37. The molecule has 1 N–H and O–H groups in total. The lowest BCUT2D eigenvalue weighted by Crippen LogP contribution is -2.05. The van der Waals surface area contributed by atoms with Gasteiger partial charge in [0.15, 0.2) is 0 Å². The molecule has 0 aliphatic rings. The summed E-state index contributed by atoms with van der Waals surface area (Å²) < 4.78 is 0. The minimum atomic E-state index is 0.705. The number of nitrogens with one attached hydrogen (secondary N) is 1. The number of thioether (sulfide) groups is 1. The number of anilines is 1. The lowest BCUT2D eigenvalue weighted by Gasteiger charge is -2.14. The molecule has 1 heterocycles. The minimum Gasteiger partial charge on any atom is -0.373 e. The highest BCUT2D eigenvalue weighted by atomic mass is 32.2. The predicted octanol–water partition coefficient (Wildman–Crippen LogP) is 3.40. The molecular formula is C12H20N2S. The molecule has 3 heteroatoms. The van der Waals surface area contributed by atoms with E-state index in [1.54, 1.807) is 0 Å². The van der Waals surface area contributed by atoms with Crippen molar-refractivity contribution >= 4 is 17.6 Å². The van der Waals surface area contributed by atoms with Crippen LogP contribution in [0.25, 0.3) is 0 Å². The zero-order chi connectivity index (χ0) is 11.3. The predicted molar refractivity (Wildman–Crippen MR) is 69.4 cm³/mol. The van der Waals surface area contributed by atoms with Crippen LogP contribution in [0.15, 0.2) is 18.3 Å². The monoisotopic (exact) mass is 224 g/mol. The van der Waals surface area contributed by atoms with Gasteiger partial charge in [-0.2, -0.15) is 11.8 Å². The molecule has 0 fully saturated rings. The fourth-order valence-corrected chi connectivity index (χ4v) is 2.14. The van der Waals surface area contributed by atoms with E-state index in [9.17, 15) is 0 Å². The Morgan fingerprint density at radius 1 is 1.40 bits per heavy atom. The first-order valence-corrected chi connectivity index (χ1v) is 6.42. The van der Waals surface area contributed by atoms with E-state index >= 15 is 0 Å². The van der Waals surface area contributed by atoms with Gasteiger partial charge in [0.25, 0.3) is 0 Å². The highest BCUT2D eigenvalue weighted by Crippen LogP contribution is 2.23. The van der Waals surface area contributed by atoms with Crippen LogP contribution >= 0.6 is 11.8 Å². The van der Waals surface area contributed by atoms with Gasteiger partial charge in [-0.1, -0.05) is 20.8 Å². The Morgan fingerprint density at radius 3 is 2.73 bits per heavy atom. The van der Waals surface area contributed by atoms with Gasteiger partial charge in [-0.25, -0.2) is 4.98 Å². The number of hydrogen-bond acceptors (Lipinski definition) is 3. The van der Waals surface area contributed by atoms with Crippen molar-refractivity contribution in [3.63, 3.8) is 0 Å². The second-order valence-electron chi connectivity index (χ2n) is 4.06. The number of aromatic nitrogens is 1. The van der Waals surface area contributed by atoms with Crippen molar-refractivity contribution in [1.82, 2.24) is 4.98 Å². The van der Waals surface area contributed by atoms with Gasteiger partial charge in [-0.15, -0.1) is 0 Å². The van der Waals surface area contributed by atoms with Gasteiger partial charge in [-0.3, -0.25) is 0 Å². The highest BCUT2D eigenvalue weighted by molar-refractivity contribution is 7.99. The SMILES string of the molecule is CNc1cc(CSC(C)C(C)C)ccn1. The molecular weight excluding hydrogens is 204 g/mol. The van der Waals surface area contributed by atoms with Crippen molar-refractivity contribution in [2.45, 2.75) is 31.8 Å². The molecule has 0 saturated carbocycles. The highest BCUT2D eigenvalue weighted by Gasteiger charge is 2.07. The summed E-state index contributed by atoms with van der Waals surface area (Å²) in [5, 5.41) is 3.76. The molecule has 0 aromatic carbocycles. The number of rotatable bonds is 5.